The molecule has 0 aliphatic carbocycles. The van der Waals surface area contributed by atoms with Crippen LogP contribution in [0.25, 0.3) is 16.6 Å². The van der Waals surface area contributed by atoms with Crippen molar-refractivity contribution in [3.8, 4) is 11.6 Å². The van der Waals surface area contributed by atoms with Gasteiger partial charge in [-0.05, 0) is 52.8 Å². The second kappa shape index (κ2) is 7.17. The van der Waals surface area contributed by atoms with Crippen molar-refractivity contribution in [1.29, 1.82) is 0 Å². The Labute approximate surface area is 162 Å². The minimum absolute atomic E-state index is 0.221. The van der Waals surface area contributed by atoms with Crippen LogP contribution in [0.15, 0.2) is 30.5 Å². The Morgan fingerprint density at radius 2 is 2.16 bits per heavy atom. The van der Waals surface area contributed by atoms with E-state index in [1.54, 1.807) is 35.1 Å². The molecule has 0 bridgehead atoms. The molecule has 0 amide bonds. The maximum Gasteiger partial charge on any atom is 0.335 e. The number of hydrogen-bond acceptors (Lipinski definition) is 4. The van der Waals surface area contributed by atoms with Crippen molar-refractivity contribution < 1.29 is 14.6 Å². The Bertz CT molecular complexity index is 956. The highest BCUT2D eigenvalue weighted by Gasteiger charge is 2.15. The third-order valence-electron chi connectivity index (χ3n) is 3.47. The first-order valence-electron chi connectivity index (χ1n) is 7.57. The molecule has 0 radical (unpaired) electrons. The largest absolute Gasteiger partial charge is 0.478 e. The van der Waals surface area contributed by atoms with Crippen molar-refractivity contribution in [3.05, 3.63) is 44.7 Å². The van der Waals surface area contributed by atoms with Gasteiger partial charge in [0.1, 0.15) is 8.72 Å². The van der Waals surface area contributed by atoms with Gasteiger partial charge in [0.05, 0.1) is 29.6 Å². The molecule has 1 aromatic carbocycles. The summed E-state index contributed by atoms with van der Waals surface area (Å²) in [7, 11) is 0. The van der Waals surface area contributed by atoms with Crippen LogP contribution in [0, 0.1) is 9.62 Å². The van der Waals surface area contributed by atoms with Crippen molar-refractivity contribution in [2.45, 2.75) is 13.8 Å². The van der Waals surface area contributed by atoms with Crippen LogP contribution in [0.3, 0.4) is 0 Å². The first kappa shape index (κ1) is 17.9. The topological polar surface area (TPSA) is 77.2 Å². The number of rotatable bonds is 5. The van der Waals surface area contributed by atoms with Crippen LogP contribution in [0.2, 0.25) is 5.02 Å². The molecular formula is C17H15ClIN3O3. The zero-order valence-electron chi connectivity index (χ0n) is 13.5. The van der Waals surface area contributed by atoms with E-state index >= 15 is 0 Å². The highest BCUT2D eigenvalue weighted by Crippen LogP contribution is 2.28. The maximum absolute atomic E-state index is 11.2. The van der Waals surface area contributed by atoms with Crippen molar-refractivity contribution in [3.63, 3.8) is 0 Å². The fraction of sp³-hybridized carbons (Fsp3) is 0.235. The summed E-state index contributed by atoms with van der Waals surface area (Å²) < 4.78 is 7.97. The highest BCUT2D eigenvalue weighted by atomic mass is 127. The number of pyridine rings is 1. The van der Waals surface area contributed by atoms with Gasteiger partial charge in [0.15, 0.2) is 0 Å². The molecule has 25 heavy (non-hydrogen) atoms. The summed E-state index contributed by atoms with van der Waals surface area (Å²) in [6.07, 6.45) is 1.63. The number of ether oxygens (including phenoxy) is 1. The fourth-order valence-electron chi connectivity index (χ4n) is 2.29. The normalized spacial score (nSPS) is 11.2. The van der Waals surface area contributed by atoms with Gasteiger partial charge in [-0.3, -0.25) is 0 Å². The molecule has 0 spiro atoms. The quantitative estimate of drug-likeness (QED) is 0.558. The molecule has 0 aliphatic heterocycles. The van der Waals surface area contributed by atoms with Crippen molar-refractivity contribution in [1.82, 2.24) is 14.8 Å². The van der Waals surface area contributed by atoms with Crippen LogP contribution in [0.1, 0.15) is 24.2 Å². The third kappa shape index (κ3) is 3.72. The van der Waals surface area contributed by atoms with Gasteiger partial charge in [-0.15, -0.1) is 0 Å². The lowest BCUT2D eigenvalue weighted by atomic mass is 10.1. The summed E-state index contributed by atoms with van der Waals surface area (Å²) in [6.45, 7) is 4.63. The van der Waals surface area contributed by atoms with Crippen molar-refractivity contribution in [2.75, 3.05) is 6.61 Å². The first-order valence-corrected chi connectivity index (χ1v) is 9.02. The smallest absolute Gasteiger partial charge is 0.335 e. The van der Waals surface area contributed by atoms with Gasteiger partial charge >= 0.3 is 5.97 Å². The fourth-order valence-corrected chi connectivity index (χ4v) is 3.16. The maximum atomic E-state index is 11.2. The number of carbonyl (C=O) groups is 1. The average Bonchev–Trinajstić information content (AvgIpc) is 2.90. The second-order valence-electron chi connectivity index (χ2n) is 5.93. The van der Waals surface area contributed by atoms with Crippen LogP contribution in [-0.4, -0.2) is 32.4 Å². The Balaban J connectivity index is 2.02. The molecule has 3 rings (SSSR count). The number of halogens is 2. The number of carboxylic acids is 1. The molecule has 2 aromatic heterocycles. The van der Waals surface area contributed by atoms with Gasteiger partial charge in [0, 0.05) is 5.39 Å². The molecule has 0 atom stereocenters. The monoisotopic (exact) mass is 471 g/mol. The lowest BCUT2D eigenvalue weighted by Crippen LogP contribution is -2.06. The van der Waals surface area contributed by atoms with E-state index < -0.39 is 5.97 Å². The molecular weight excluding hydrogens is 457 g/mol. The zero-order valence-corrected chi connectivity index (χ0v) is 16.4. The van der Waals surface area contributed by atoms with E-state index in [9.17, 15) is 4.79 Å². The molecule has 0 unspecified atom stereocenters. The number of fused-ring (bicyclic) bond motifs is 1. The van der Waals surface area contributed by atoms with E-state index in [1.165, 1.54) is 0 Å². The average molecular weight is 472 g/mol. The number of hydrogen-bond donors (Lipinski definition) is 1. The Hall–Kier alpha value is -1.87. The zero-order chi connectivity index (χ0) is 18.1. The van der Waals surface area contributed by atoms with Gasteiger partial charge in [-0.25, -0.2) is 14.5 Å². The van der Waals surface area contributed by atoms with E-state index in [-0.39, 0.29) is 5.56 Å². The van der Waals surface area contributed by atoms with Crippen molar-refractivity contribution >= 4 is 51.1 Å². The van der Waals surface area contributed by atoms with Gasteiger partial charge in [0.25, 0.3) is 0 Å². The molecule has 3 aromatic rings. The molecule has 6 nitrogen and oxygen atoms in total. The predicted molar refractivity (Wildman–Crippen MR) is 104 cm³/mol. The standard InChI is InChI=1S/C17H15ClIN3O3/c1-9(2)8-25-16-13(18)6-11(7-20-16)22-14-4-3-10(17(23)24)5-12(14)15(19)21-22/h3-7,9H,8H2,1-2H3,(H,23,24). The Morgan fingerprint density at radius 1 is 1.40 bits per heavy atom. The van der Waals surface area contributed by atoms with E-state index in [4.69, 9.17) is 21.4 Å². The molecule has 130 valence electrons. The summed E-state index contributed by atoms with van der Waals surface area (Å²) in [4.78, 5) is 15.4. The minimum Gasteiger partial charge on any atom is -0.478 e. The Morgan fingerprint density at radius 3 is 2.80 bits per heavy atom. The van der Waals surface area contributed by atoms with E-state index in [0.717, 1.165) is 10.9 Å². The second-order valence-corrected chi connectivity index (χ2v) is 7.35. The van der Waals surface area contributed by atoms with Crippen LogP contribution >= 0.6 is 34.2 Å². The van der Waals surface area contributed by atoms with Gasteiger partial charge in [-0.1, -0.05) is 25.4 Å². The number of benzene rings is 1. The summed E-state index contributed by atoms with van der Waals surface area (Å²) in [6, 6.07) is 6.62. The summed E-state index contributed by atoms with van der Waals surface area (Å²) in [5, 5.41) is 14.8. The summed E-state index contributed by atoms with van der Waals surface area (Å²) in [5.74, 6) is -0.210. The van der Waals surface area contributed by atoms with Crippen LogP contribution in [0.4, 0.5) is 0 Å². The van der Waals surface area contributed by atoms with Gasteiger partial charge in [-0.2, -0.15) is 5.10 Å². The highest BCUT2D eigenvalue weighted by molar-refractivity contribution is 14.1. The van der Waals surface area contributed by atoms with Crippen LogP contribution < -0.4 is 4.74 Å². The number of aromatic carboxylic acids is 1. The summed E-state index contributed by atoms with van der Waals surface area (Å²) in [5.41, 5.74) is 1.68. The van der Waals surface area contributed by atoms with Crippen LogP contribution in [-0.2, 0) is 0 Å². The lowest BCUT2D eigenvalue weighted by molar-refractivity contribution is 0.0697. The molecule has 0 aliphatic rings. The predicted octanol–water partition coefficient (Wildman–Crippen LogP) is 4.41. The number of nitrogens with zero attached hydrogens (tertiary/aromatic N) is 3. The molecule has 0 saturated carbocycles. The number of carboxylic acid groups (broad SMARTS) is 1. The molecule has 2 heterocycles. The number of aromatic nitrogens is 3. The third-order valence-corrected chi connectivity index (χ3v) is 4.54. The molecule has 8 heteroatoms. The molecule has 1 N–H and O–H groups in total. The van der Waals surface area contributed by atoms with E-state index in [1.807, 2.05) is 13.8 Å². The van der Waals surface area contributed by atoms with E-state index in [2.05, 4.69) is 32.7 Å². The minimum atomic E-state index is -0.971. The first-order chi connectivity index (χ1) is 11.9. The van der Waals surface area contributed by atoms with Gasteiger partial charge < -0.3 is 9.84 Å². The molecule has 0 saturated heterocycles. The lowest BCUT2D eigenvalue weighted by Gasteiger charge is -2.10. The van der Waals surface area contributed by atoms with Gasteiger partial charge in [0.2, 0.25) is 5.88 Å². The Kier molecular flexibility index (Phi) is 5.14. The molecule has 0 fully saturated rings. The van der Waals surface area contributed by atoms with Crippen LogP contribution in [0.5, 0.6) is 5.88 Å². The summed E-state index contributed by atoms with van der Waals surface area (Å²) >= 11 is 8.36. The van der Waals surface area contributed by atoms with E-state index in [0.29, 0.717) is 32.8 Å². The SMILES string of the molecule is CC(C)COc1ncc(-n2nc(I)c3cc(C(=O)O)ccc32)cc1Cl. The van der Waals surface area contributed by atoms with Crippen molar-refractivity contribution in [2.24, 2.45) is 5.92 Å².